The molecule has 6 nitrogen and oxygen atoms in total. The fourth-order valence-electron chi connectivity index (χ4n) is 3.33. The van der Waals surface area contributed by atoms with Crippen LogP contribution in [0.4, 0.5) is 0 Å². The second-order valence-electron chi connectivity index (χ2n) is 7.47. The number of benzene rings is 1. The van der Waals surface area contributed by atoms with E-state index in [1.54, 1.807) is 18.3 Å². The third kappa shape index (κ3) is 6.24. The number of halogens is 1. The normalized spacial score (nSPS) is 17.4. The number of hydrogen-bond donors (Lipinski definition) is 3. The third-order valence-electron chi connectivity index (χ3n) is 4.87. The van der Waals surface area contributed by atoms with Gasteiger partial charge in [-0.1, -0.05) is 0 Å². The van der Waals surface area contributed by atoms with E-state index in [2.05, 4.69) is 23.6 Å². The molecule has 2 unspecified atom stereocenters. The first-order valence-electron chi connectivity index (χ1n) is 10.2. The lowest BCUT2D eigenvalue weighted by Gasteiger charge is -2.24. The number of nitrogens with one attached hydrogen (secondary N) is 2. The summed E-state index contributed by atoms with van der Waals surface area (Å²) >= 11 is 1.58. The molecule has 0 saturated carbocycles. The van der Waals surface area contributed by atoms with Crippen molar-refractivity contribution < 1.29 is 14.6 Å². The summed E-state index contributed by atoms with van der Waals surface area (Å²) in [6, 6.07) is 6.06. The third-order valence-corrected chi connectivity index (χ3v) is 5.56. The monoisotopic (exact) mass is 545 g/mol. The summed E-state index contributed by atoms with van der Waals surface area (Å²) in [5, 5.41) is 21.2. The quantitative estimate of drug-likeness (QED) is 0.265. The van der Waals surface area contributed by atoms with Crippen LogP contribution in [-0.2, 0) is 18.6 Å². The summed E-state index contributed by atoms with van der Waals surface area (Å²) in [5.74, 6) is 2.43. The topological polar surface area (TPSA) is 75.1 Å². The molecular weight excluding hydrogens is 513 g/mol. The van der Waals surface area contributed by atoms with Gasteiger partial charge in [0.25, 0.3) is 0 Å². The standard InChI is InChI=1S/C22H31N3O3S.HI/c1-5-23-21(25-14-22(4,26)18-7-8-29-13-18)24-12-17-11-20-16(9-15(3)28-20)10-19(17)27-6-2;/h7-8,10-11,13,15,26H,5-6,9,12,14H2,1-4H3,(H2,23,24,25);1H. The highest BCUT2D eigenvalue weighted by Gasteiger charge is 2.24. The van der Waals surface area contributed by atoms with Crippen molar-refractivity contribution in [2.75, 3.05) is 19.7 Å². The molecule has 1 aliphatic heterocycles. The van der Waals surface area contributed by atoms with E-state index in [-0.39, 0.29) is 30.1 Å². The number of hydrogen-bond acceptors (Lipinski definition) is 5. The van der Waals surface area contributed by atoms with E-state index >= 15 is 0 Å². The highest BCUT2D eigenvalue weighted by atomic mass is 127. The van der Waals surface area contributed by atoms with Crippen molar-refractivity contribution in [1.82, 2.24) is 10.6 Å². The molecule has 2 aromatic rings. The lowest BCUT2D eigenvalue weighted by Crippen LogP contribution is -2.44. The second-order valence-corrected chi connectivity index (χ2v) is 8.25. The predicted molar refractivity (Wildman–Crippen MR) is 134 cm³/mol. The number of rotatable bonds is 8. The van der Waals surface area contributed by atoms with Crippen molar-refractivity contribution in [3.63, 3.8) is 0 Å². The van der Waals surface area contributed by atoms with E-state index in [0.717, 1.165) is 35.6 Å². The highest BCUT2D eigenvalue weighted by molar-refractivity contribution is 14.0. The maximum Gasteiger partial charge on any atom is 0.191 e. The minimum atomic E-state index is -0.968. The van der Waals surface area contributed by atoms with Gasteiger partial charge in [-0.25, -0.2) is 4.99 Å². The number of guanidine groups is 1. The van der Waals surface area contributed by atoms with E-state index in [0.29, 0.717) is 25.7 Å². The van der Waals surface area contributed by atoms with Crippen LogP contribution in [0.2, 0.25) is 0 Å². The van der Waals surface area contributed by atoms with Crippen LogP contribution >= 0.6 is 35.3 Å². The van der Waals surface area contributed by atoms with Crippen LogP contribution in [0.25, 0.3) is 0 Å². The zero-order valence-corrected chi connectivity index (χ0v) is 21.2. The van der Waals surface area contributed by atoms with Crippen molar-refractivity contribution in [2.24, 2.45) is 4.99 Å². The zero-order chi connectivity index (χ0) is 20.9. The van der Waals surface area contributed by atoms with E-state index in [1.165, 1.54) is 5.56 Å². The first kappa shape index (κ1) is 24.7. The maximum atomic E-state index is 10.7. The largest absolute Gasteiger partial charge is 0.494 e. The Labute approximate surface area is 200 Å². The van der Waals surface area contributed by atoms with Crippen LogP contribution in [0.3, 0.4) is 0 Å². The highest BCUT2D eigenvalue weighted by Crippen LogP contribution is 2.35. The fraction of sp³-hybridized carbons (Fsp3) is 0.500. The van der Waals surface area contributed by atoms with Gasteiger partial charge in [0.15, 0.2) is 5.96 Å². The second kappa shape index (κ2) is 11.2. The Kier molecular flexibility index (Phi) is 9.24. The Balaban J connectivity index is 0.00000320. The average molecular weight is 545 g/mol. The fourth-order valence-corrected chi connectivity index (χ4v) is 4.11. The summed E-state index contributed by atoms with van der Waals surface area (Å²) in [5.41, 5.74) is 2.10. The van der Waals surface area contributed by atoms with Gasteiger partial charge in [0, 0.05) is 24.1 Å². The molecule has 0 bridgehead atoms. The van der Waals surface area contributed by atoms with E-state index in [4.69, 9.17) is 14.5 Å². The van der Waals surface area contributed by atoms with Gasteiger partial charge in [0.05, 0.1) is 19.7 Å². The minimum Gasteiger partial charge on any atom is -0.494 e. The predicted octanol–water partition coefficient (Wildman–Crippen LogP) is 4.05. The molecule has 0 saturated heterocycles. The molecule has 1 aromatic heterocycles. The number of aliphatic imine (C=N–C) groups is 1. The van der Waals surface area contributed by atoms with Crippen molar-refractivity contribution in [3.05, 3.63) is 45.6 Å². The molecule has 166 valence electrons. The molecule has 1 aromatic carbocycles. The van der Waals surface area contributed by atoms with Crippen molar-refractivity contribution in [2.45, 2.75) is 52.4 Å². The van der Waals surface area contributed by atoms with Crippen LogP contribution in [0.1, 0.15) is 44.4 Å². The number of aliphatic hydroxyl groups is 1. The molecule has 2 heterocycles. The summed E-state index contributed by atoms with van der Waals surface area (Å²) in [6.45, 7) is 10.0. The molecule has 1 aliphatic rings. The first-order chi connectivity index (χ1) is 13.9. The van der Waals surface area contributed by atoms with Crippen LogP contribution in [0.15, 0.2) is 34.0 Å². The number of fused-ring (bicyclic) bond motifs is 1. The summed E-state index contributed by atoms with van der Waals surface area (Å²) in [7, 11) is 0. The van der Waals surface area contributed by atoms with Crippen LogP contribution in [0.5, 0.6) is 11.5 Å². The number of thiophene rings is 1. The van der Waals surface area contributed by atoms with Crippen molar-refractivity contribution >= 4 is 41.3 Å². The Morgan fingerprint density at radius 1 is 1.37 bits per heavy atom. The molecule has 3 N–H and O–H groups in total. The average Bonchev–Trinajstić information content (AvgIpc) is 3.33. The molecule has 2 atom stereocenters. The maximum absolute atomic E-state index is 10.7. The van der Waals surface area contributed by atoms with E-state index in [1.807, 2.05) is 36.7 Å². The molecule has 0 radical (unpaired) electrons. The molecule has 0 amide bonds. The van der Waals surface area contributed by atoms with Crippen LogP contribution in [-0.4, -0.2) is 36.9 Å². The summed E-state index contributed by atoms with van der Waals surface area (Å²) in [6.07, 6.45) is 1.09. The van der Waals surface area contributed by atoms with Gasteiger partial charge in [0.1, 0.15) is 23.2 Å². The molecule has 0 spiro atoms. The molecule has 8 heteroatoms. The summed E-state index contributed by atoms with van der Waals surface area (Å²) in [4.78, 5) is 4.71. The van der Waals surface area contributed by atoms with Crippen LogP contribution in [0, 0.1) is 0 Å². The van der Waals surface area contributed by atoms with Gasteiger partial charge in [0.2, 0.25) is 0 Å². The molecular formula is C22H32IN3O3S. The van der Waals surface area contributed by atoms with E-state index in [9.17, 15) is 5.11 Å². The SMILES string of the molecule is CCNC(=NCc1cc2c(cc1OCC)CC(C)O2)NCC(C)(O)c1ccsc1.I. The van der Waals surface area contributed by atoms with Gasteiger partial charge in [-0.05, 0) is 62.2 Å². The Morgan fingerprint density at radius 2 is 2.17 bits per heavy atom. The van der Waals surface area contributed by atoms with E-state index < -0.39 is 5.60 Å². The minimum absolute atomic E-state index is 0. The molecule has 0 fully saturated rings. The molecule has 3 rings (SSSR count). The van der Waals surface area contributed by atoms with Gasteiger partial charge in [-0.15, -0.1) is 24.0 Å². The Hall–Kier alpha value is -1.52. The van der Waals surface area contributed by atoms with Gasteiger partial charge >= 0.3 is 0 Å². The zero-order valence-electron chi connectivity index (χ0n) is 18.0. The lowest BCUT2D eigenvalue weighted by molar-refractivity contribution is 0.0621. The smallest absolute Gasteiger partial charge is 0.191 e. The molecule has 30 heavy (non-hydrogen) atoms. The number of nitrogens with zero attached hydrogens (tertiary/aromatic N) is 1. The lowest BCUT2D eigenvalue weighted by atomic mass is 9.99. The molecule has 0 aliphatic carbocycles. The van der Waals surface area contributed by atoms with Crippen molar-refractivity contribution in [3.8, 4) is 11.5 Å². The summed E-state index contributed by atoms with van der Waals surface area (Å²) < 4.78 is 11.7. The Bertz CT molecular complexity index is 840. The van der Waals surface area contributed by atoms with Gasteiger partial charge < -0.3 is 25.2 Å². The first-order valence-corrected chi connectivity index (χ1v) is 11.1. The van der Waals surface area contributed by atoms with Crippen molar-refractivity contribution in [1.29, 1.82) is 0 Å². The van der Waals surface area contributed by atoms with Gasteiger partial charge in [-0.2, -0.15) is 11.3 Å². The van der Waals surface area contributed by atoms with Gasteiger partial charge in [-0.3, -0.25) is 0 Å². The van der Waals surface area contributed by atoms with Crippen LogP contribution < -0.4 is 20.1 Å². The number of ether oxygens (including phenoxy) is 2. The Morgan fingerprint density at radius 3 is 2.83 bits per heavy atom.